The van der Waals surface area contributed by atoms with Crippen molar-refractivity contribution in [1.29, 1.82) is 0 Å². The van der Waals surface area contributed by atoms with Gasteiger partial charge in [0.1, 0.15) is 18.5 Å². The van der Waals surface area contributed by atoms with Gasteiger partial charge in [-0.2, -0.15) is 0 Å². The van der Waals surface area contributed by atoms with Crippen LogP contribution >= 0.6 is 0 Å². The topological polar surface area (TPSA) is 128 Å². The van der Waals surface area contributed by atoms with Crippen molar-refractivity contribution in [2.75, 3.05) is 13.3 Å². The molecule has 1 aliphatic carbocycles. The second kappa shape index (κ2) is 14.6. The van der Waals surface area contributed by atoms with E-state index in [1.807, 2.05) is 54.6 Å². The fourth-order valence-electron chi connectivity index (χ4n) is 5.38. The number of aliphatic hydroxyl groups excluding tert-OH is 1. The van der Waals surface area contributed by atoms with Gasteiger partial charge in [0.2, 0.25) is 5.91 Å². The van der Waals surface area contributed by atoms with Crippen LogP contribution in [0.4, 0.5) is 0 Å². The Morgan fingerprint density at radius 3 is 2.51 bits per heavy atom. The van der Waals surface area contributed by atoms with Gasteiger partial charge in [-0.25, -0.2) is 0 Å². The predicted octanol–water partition coefficient (Wildman–Crippen LogP) is 3.58. The van der Waals surface area contributed by atoms with Gasteiger partial charge in [-0.3, -0.25) is 14.4 Å². The lowest BCUT2D eigenvalue weighted by Crippen LogP contribution is -2.57. The van der Waals surface area contributed by atoms with Crippen LogP contribution in [0.15, 0.2) is 85.5 Å². The summed E-state index contributed by atoms with van der Waals surface area (Å²) in [5, 5.41) is 27.4. The molecule has 9 heteroatoms. The Morgan fingerprint density at radius 2 is 1.79 bits per heavy atom. The van der Waals surface area contributed by atoms with Crippen LogP contribution in [0.5, 0.6) is 5.75 Å². The van der Waals surface area contributed by atoms with E-state index < -0.39 is 35.9 Å². The van der Waals surface area contributed by atoms with Crippen LogP contribution in [0, 0.1) is 6.92 Å². The first-order chi connectivity index (χ1) is 20.7. The largest absolute Gasteiger partial charge is 0.508 e. The standard InChI is InChI=1S/C34H39N3O6/c1-4-29(33(41)35-27-19-18-24-14-9-10-15-26(24)27)37(21-43-5-2)34(42)31(39)28(20-23-12-7-6-8-13-23)36-32(40)25-16-11-17-30(38)22(25)3/h4,6-17,27-29,31,38-39H,1,5,18-21H2,2-3H3,(H,35,41)(H,36,40)/t27-,28?,29-,31-/m0/s1. The van der Waals surface area contributed by atoms with E-state index in [0.717, 1.165) is 28.9 Å². The highest BCUT2D eigenvalue weighted by Crippen LogP contribution is 2.31. The number of hydrogen-bond donors (Lipinski definition) is 4. The van der Waals surface area contributed by atoms with Crippen LogP contribution in [-0.4, -0.2) is 64.4 Å². The summed E-state index contributed by atoms with van der Waals surface area (Å²) in [6.07, 6.45) is 1.31. The molecule has 4 rings (SSSR count). The molecule has 226 valence electrons. The first-order valence-corrected chi connectivity index (χ1v) is 14.5. The van der Waals surface area contributed by atoms with Gasteiger partial charge < -0.3 is 30.5 Å². The molecule has 3 amide bonds. The average molecular weight is 586 g/mol. The van der Waals surface area contributed by atoms with E-state index in [0.29, 0.717) is 5.56 Å². The zero-order valence-electron chi connectivity index (χ0n) is 24.5. The Kier molecular flexibility index (Phi) is 10.7. The van der Waals surface area contributed by atoms with Gasteiger partial charge in [-0.1, -0.05) is 66.7 Å². The number of rotatable bonds is 13. The Labute approximate surface area is 252 Å². The molecular formula is C34H39N3O6. The van der Waals surface area contributed by atoms with Crippen molar-refractivity contribution in [3.8, 4) is 5.75 Å². The first kappa shape index (κ1) is 31.5. The Balaban J connectivity index is 1.58. The Morgan fingerprint density at radius 1 is 1.07 bits per heavy atom. The SMILES string of the molecule is C=C[C@@H](C(=O)N[C@H]1CCc2ccccc21)N(COCC)C(=O)[C@@H](O)C(Cc1ccccc1)NC(=O)c1cccc(O)c1C. The average Bonchev–Trinajstić information content (AvgIpc) is 3.42. The number of aromatic hydroxyl groups is 1. The van der Waals surface area contributed by atoms with Crippen LogP contribution in [0.25, 0.3) is 0 Å². The second-order valence-electron chi connectivity index (χ2n) is 10.6. The van der Waals surface area contributed by atoms with E-state index in [-0.39, 0.29) is 37.1 Å². The minimum Gasteiger partial charge on any atom is -0.508 e. The molecule has 0 heterocycles. The van der Waals surface area contributed by atoms with Gasteiger partial charge in [0.05, 0.1) is 12.1 Å². The molecule has 1 aliphatic rings. The van der Waals surface area contributed by atoms with E-state index in [2.05, 4.69) is 17.2 Å². The molecule has 4 atom stereocenters. The van der Waals surface area contributed by atoms with E-state index in [1.165, 1.54) is 17.7 Å². The number of nitrogens with one attached hydrogen (secondary N) is 2. The van der Waals surface area contributed by atoms with Crippen molar-refractivity contribution in [1.82, 2.24) is 15.5 Å². The van der Waals surface area contributed by atoms with E-state index in [4.69, 9.17) is 4.74 Å². The number of carbonyl (C=O) groups excluding carboxylic acids is 3. The Bertz CT molecular complexity index is 1440. The van der Waals surface area contributed by atoms with Crippen molar-refractivity contribution in [2.24, 2.45) is 0 Å². The third-order valence-corrected chi connectivity index (χ3v) is 7.79. The van der Waals surface area contributed by atoms with Gasteiger partial charge in [-0.05, 0) is 61.9 Å². The minimum atomic E-state index is -1.73. The quantitative estimate of drug-likeness (QED) is 0.179. The predicted molar refractivity (Wildman–Crippen MR) is 163 cm³/mol. The number of aliphatic hydroxyl groups is 1. The third kappa shape index (κ3) is 7.49. The van der Waals surface area contributed by atoms with E-state index >= 15 is 0 Å². The molecular weight excluding hydrogens is 546 g/mol. The van der Waals surface area contributed by atoms with Gasteiger partial charge in [0.15, 0.2) is 6.10 Å². The van der Waals surface area contributed by atoms with E-state index in [9.17, 15) is 24.6 Å². The van der Waals surface area contributed by atoms with Gasteiger partial charge in [0, 0.05) is 17.7 Å². The summed E-state index contributed by atoms with van der Waals surface area (Å²) in [5.74, 6) is -1.85. The van der Waals surface area contributed by atoms with Crippen LogP contribution in [0.2, 0.25) is 0 Å². The molecule has 43 heavy (non-hydrogen) atoms. The molecule has 3 aromatic carbocycles. The fraction of sp³-hybridized carbons (Fsp3) is 0.324. The highest BCUT2D eigenvalue weighted by Gasteiger charge is 2.37. The van der Waals surface area contributed by atoms with E-state index in [1.54, 1.807) is 26.0 Å². The van der Waals surface area contributed by atoms with Gasteiger partial charge in [0.25, 0.3) is 11.8 Å². The highest BCUT2D eigenvalue weighted by atomic mass is 16.5. The zero-order valence-corrected chi connectivity index (χ0v) is 24.5. The number of amides is 3. The number of nitrogens with zero attached hydrogens (tertiary/aromatic N) is 1. The number of fused-ring (bicyclic) bond motifs is 1. The lowest BCUT2D eigenvalue weighted by Gasteiger charge is -2.33. The summed E-state index contributed by atoms with van der Waals surface area (Å²) in [4.78, 5) is 42.0. The smallest absolute Gasteiger partial charge is 0.256 e. The van der Waals surface area contributed by atoms with Crippen LogP contribution in [-0.2, 0) is 27.2 Å². The summed E-state index contributed by atoms with van der Waals surface area (Å²) in [5.41, 5.74) is 3.57. The molecule has 0 bridgehead atoms. The summed E-state index contributed by atoms with van der Waals surface area (Å²) < 4.78 is 5.55. The zero-order chi connectivity index (χ0) is 30.9. The number of phenols is 1. The maximum absolute atomic E-state index is 13.9. The molecule has 0 spiro atoms. The minimum absolute atomic E-state index is 0.0449. The molecule has 0 saturated carbocycles. The van der Waals surface area contributed by atoms with Crippen LogP contribution in [0.3, 0.4) is 0 Å². The molecule has 0 radical (unpaired) electrons. The first-order valence-electron chi connectivity index (χ1n) is 14.5. The number of carbonyl (C=O) groups is 3. The summed E-state index contributed by atoms with van der Waals surface area (Å²) >= 11 is 0. The van der Waals surface area contributed by atoms with Crippen molar-refractivity contribution in [3.05, 3.63) is 113 Å². The fourth-order valence-corrected chi connectivity index (χ4v) is 5.38. The van der Waals surface area contributed by atoms with Gasteiger partial charge >= 0.3 is 0 Å². The molecule has 0 aliphatic heterocycles. The number of benzene rings is 3. The van der Waals surface area contributed by atoms with Crippen molar-refractivity contribution >= 4 is 17.7 Å². The maximum atomic E-state index is 13.9. The van der Waals surface area contributed by atoms with Crippen molar-refractivity contribution in [2.45, 2.75) is 57.3 Å². The van der Waals surface area contributed by atoms with Crippen molar-refractivity contribution < 1.29 is 29.3 Å². The molecule has 0 aromatic heterocycles. The molecule has 3 aromatic rings. The molecule has 1 unspecified atom stereocenters. The number of ether oxygens (including phenoxy) is 1. The number of aryl methyl sites for hydroxylation is 1. The molecule has 9 nitrogen and oxygen atoms in total. The Hall–Kier alpha value is -4.47. The monoisotopic (exact) mass is 585 g/mol. The summed E-state index contributed by atoms with van der Waals surface area (Å²) in [6.45, 7) is 7.17. The van der Waals surface area contributed by atoms with Crippen LogP contribution < -0.4 is 10.6 Å². The maximum Gasteiger partial charge on any atom is 0.256 e. The lowest BCUT2D eigenvalue weighted by atomic mass is 9.98. The molecule has 0 saturated heterocycles. The molecule has 4 N–H and O–H groups in total. The highest BCUT2D eigenvalue weighted by molar-refractivity contribution is 5.97. The van der Waals surface area contributed by atoms with Crippen LogP contribution in [0.1, 0.15) is 52.0 Å². The van der Waals surface area contributed by atoms with Crippen molar-refractivity contribution in [3.63, 3.8) is 0 Å². The number of phenolic OH excluding ortho intramolecular Hbond substituents is 1. The second-order valence-corrected chi connectivity index (χ2v) is 10.6. The normalized spacial score (nSPS) is 15.9. The summed E-state index contributed by atoms with van der Waals surface area (Å²) in [6, 6.07) is 19.2. The lowest BCUT2D eigenvalue weighted by molar-refractivity contribution is -0.153. The third-order valence-electron chi connectivity index (χ3n) is 7.79. The van der Waals surface area contributed by atoms with Gasteiger partial charge in [-0.15, -0.1) is 6.58 Å². The summed E-state index contributed by atoms with van der Waals surface area (Å²) in [7, 11) is 0. The number of hydrogen-bond acceptors (Lipinski definition) is 6. The molecule has 0 fully saturated rings.